The van der Waals surface area contributed by atoms with E-state index in [0.29, 0.717) is 59.7 Å². The number of carbonyl (C=O) groups is 14. The summed E-state index contributed by atoms with van der Waals surface area (Å²) in [6.45, 7) is -0.183. The number of carboxylic acids is 1. The number of guanidine groups is 1. The number of fused-ring (bicyclic) bond motifs is 1. The van der Waals surface area contributed by atoms with Crippen LogP contribution in [0.2, 0.25) is 5.02 Å². The summed E-state index contributed by atoms with van der Waals surface area (Å²) in [5.74, 6) is -14.7. The van der Waals surface area contributed by atoms with Gasteiger partial charge in [0.05, 0.1) is 0 Å². The summed E-state index contributed by atoms with van der Waals surface area (Å²) >= 11 is 6.69. The first-order valence-electron chi connectivity index (χ1n) is 34.8. The van der Waals surface area contributed by atoms with Gasteiger partial charge in [-0.1, -0.05) is 94.6 Å². The number of amides is 13. The SMILES string of the molecule is NCCC(=O)N1CCC[C@H]1C(=O)N[C@@H](Cc1ccc(O)cc1)C(=O)N[C@H]1CSSC[C@H](C(N)=O)NC(=O)[C@H](CCC(=O)O)NC(=O)[C@H](Cc2c[nH]c3ccccc23)NC(=O)[C@H](CCC(N)=O)NC(=O)CCNC(=O)[C@H](CCCN=C(N)N)NC(=O)[C@@H](Cc2ccccc2Cl)NC(=O)[C@H](C2CCCC2)NC1=O. The largest absolute Gasteiger partial charge is 0.508 e. The number of hydrogen-bond acceptors (Lipinski definition) is 19. The number of aliphatic carboxylic acids is 1. The van der Waals surface area contributed by atoms with Crippen LogP contribution in [0, 0.1) is 5.92 Å². The Kier molecular flexibility index (Phi) is 32.5. The fraction of sp³-hybridized carbons (Fsp3) is 0.493. The Morgan fingerprint density at radius 1 is 0.651 bits per heavy atom. The predicted octanol–water partition coefficient (Wildman–Crippen LogP) is -1.98. The van der Waals surface area contributed by atoms with Crippen LogP contribution in [0.1, 0.15) is 107 Å². The maximum Gasteiger partial charge on any atom is 0.303 e. The normalized spacial score (nSPS) is 22.8. The standard InChI is InChI=1S/C69H93ClN18O16S2/c70-43-13-5-3-11-39(43)32-49-64(100)80-45(15-7-28-77-69(74)75)60(96)76-29-26-55(91)79-46(21-23-54(72)90)61(97)82-50(33-40-34-78-44-14-6-4-12-42(40)44)65(101)81-47(22-24-57(93)94)62(98)85-51(59(73)95)35-105-106-36-52(66(102)87-58(68(104)84-49)38-9-1-2-10-38)86-63(99)48(31-37-17-19-41(89)20-18-37)83-67(103)53-16-8-30-88(53)56(92)25-27-71/h3-6,11-14,17-20,34,38,45-53,58,78,89H,1-2,7-10,15-16,21-33,35-36,71H2,(H2,72,90)(H2,73,95)(H,76,96)(H,79,91)(H,80,100)(H,81,101)(H,82,97)(H,83,103)(H,84,104)(H,85,98)(H,86,99)(H,87,102)(H,93,94)(H4,74,75,77)/t45-,46-,47-,48-,49+,50-,51+,52-,53-,58-/m0/s1. The Bertz CT molecular complexity index is 3840. The number of phenolic OH excluding ortho intramolecular Hbond substituents is 1. The summed E-state index contributed by atoms with van der Waals surface area (Å²) in [6.07, 6.45) is 0.771. The van der Waals surface area contributed by atoms with Crippen molar-refractivity contribution >= 4 is 133 Å². The second kappa shape index (κ2) is 41.5. The van der Waals surface area contributed by atoms with Gasteiger partial charge < -0.3 is 102 Å². The smallest absolute Gasteiger partial charge is 0.303 e. The molecule has 2 aliphatic heterocycles. The molecule has 574 valence electrons. The van der Waals surface area contributed by atoms with Gasteiger partial charge in [0, 0.05) is 105 Å². The number of para-hydroxylation sites is 1. The van der Waals surface area contributed by atoms with Crippen molar-refractivity contribution in [2.24, 2.45) is 39.6 Å². The zero-order valence-electron chi connectivity index (χ0n) is 58.2. The van der Waals surface area contributed by atoms with Crippen molar-refractivity contribution in [1.82, 2.24) is 63.1 Å². The molecular formula is C69H93ClN18O16S2. The van der Waals surface area contributed by atoms with Gasteiger partial charge in [-0.2, -0.15) is 0 Å². The molecule has 10 atom stereocenters. The summed E-state index contributed by atoms with van der Waals surface area (Å²) < 4.78 is 0. The van der Waals surface area contributed by atoms with E-state index < -0.39 is 182 Å². The van der Waals surface area contributed by atoms with Crippen molar-refractivity contribution in [3.05, 3.63) is 101 Å². The number of carboxylic acid groups (broad SMARTS) is 1. The first kappa shape index (κ1) is 83.1. The Balaban J connectivity index is 1.28. The molecular weight excluding hydrogens is 1440 g/mol. The Labute approximate surface area is 623 Å². The summed E-state index contributed by atoms with van der Waals surface area (Å²) in [7, 11) is 1.74. The number of aromatic hydroxyl groups is 1. The van der Waals surface area contributed by atoms with Gasteiger partial charge in [0.1, 0.15) is 66.2 Å². The number of nitrogens with two attached hydrogens (primary N) is 5. The quantitative estimate of drug-likeness (QED) is 0.0156. The van der Waals surface area contributed by atoms with E-state index in [4.69, 9.17) is 40.3 Å². The number of benzene rings is 3. The van der Waals surface area contributed by atoms with Gasteiger partial charge in [0.2, 0.25) is 76.8 Å². The number of aromatic nitrogens is 1. The van der Waals surface area contributed by atoms with E-state index in [1.807, 2.05) is 0 Å². The van der Waals surface area contributed by atoms with Crippen LogP contribution in [0.25, 0.3) is 10.9 Å². The molecule has 3 fully saturated rings. The molecule has 2 saturated heterocycles. The third kappa shape index (κ3) is 25.8. The van der Waals surface area contributed by atoms with E-state index >= 15 is 14.4 Å². The van der Waals surface area contributed by atoms with Crippen LogP contribution in [-0.4, -0.2) is 207 Å². The average molecular weight is 1530 g/mol. The van der Waals surface area contributed by atoms with Crippen LogP contribution in [0.15, 0.2) is 84.0 Å². The molecule has 0 radical (unpaired) electrons. The van der Waals surface area contributed by atoms with Crippen LogP contribution in [-0.2, 0) is 86.4 Å². The molecule has 34 nitrogen and oxygen atoms in total. The van der Waals surface area contributed by atoms with Gasteiger partial charge in [-0.25, -0.2) is 0 Å². The lowest BCUT2D eigenvalue weighted by Gasteiger charge is -2.30. The number of likely N-dealkylation sites (tertiary alicyclic amines) is 1. The highest BCUT2D eigenvalue weighted by Crippen LogP contribution is 2.30. The van der Waals surface area contributed by atoms with Crippen LogP contribution in [0.5, 0.6) is 5.75 Å². The fourth-order valence-electron chi connectivity index (χ4n) is 12.5. The third-order valence-electron chi connectivity index (χ3n) is 18.1. The number of halogens is 1. The van der Waals surface area contributed by atoms with Crippen LogP contribution >= 0.6 is 33.2 Å². The van der Waals surface area contributed by atoms with Gasteiger partial charge in [-0.3, -0.25) is 72.1 Å². The minimum atomic E-state index is -1.74. The summed E-state index contributed by atoms with van der Waals surface area (Å²) in [5, 5.41) is 47.4. The average Bonchev–Trinajstić information content (AvgIpc) is 1.64. The van der Waals surface area contributed by atoms with E-state index in [0.717, 1.165) is 21.6 Å². The highest BCUT2D eigenvalue weighted by molar-refractivity contribution is 8.76. The molecule has 3 heterocycles. The third-order valence-corrected chi connectivity index (χ3v) is 20.9. The molecule has 1 aliphatic carbocycles. The first-order chi connectivity index (χ1) is 50.7. The summed E-state index contributed by atoms with van der Waals surface area (Å²) in [5.41, 5.74) is 30.3. The number of H-pyrrole nitrogens is 1. The number of aromatic amines is 1. The molecule has 1 aromatic heterocycles. The molecule has 106 heavy (non-hydrogen) atoms. The van der Waals surface area contributed by atoms with Gasteiger partial charge in [-0.15, -0.1) is 0 Å². The maximum absolute atomic E-state index is 15.3. The molecule has 1 saturated carbocycles. The van der Waals surface area contributed by atoms with Gasteiger partial charge >= 0.3 is 5.97 Å². The van der Waals surface area contributed by atoms with Gasteiger partial charge in [0.15, 0.2) is 5.96 Å². The molecule has 0 unspecified atom stereocenters. The minimum Gasteiger partial charge on any atom is -0.508 e. The lowest BCUT2D eigenvalue weighted by Crippen LogP contribution is -2.61. The number of aliphatic imine (C=N–C) groups is 1. The molecule has 0 spiro atoms. The van der Waals surface area contributed by atoms with E-state index in [1.54, 1.807) is 54.7 Å². The molecule has 3 aliphatic rings. The van der Waals surface area contributed by atoms with E-state index in [2.05, 4.69) is 63.1 Å². The molecule has 7 rings (SSSR count). The van der Waals surface area contributed by atoms with Gasteiger partial charge in [0.25, 0.3) is 0 Å². The lowest BCUT2D eigenvalue weighted by atomic mass is 9.95. The topological polar surface area (TPSA) is 561 Å². The summed E-state index contributed by atoms with van der Waals surface area (Å²) in [4.78, 5) is 206. The fourth-order valence-corrected chi connectivity index (χ4v) is 15.1. The van der Waals surface area contributed by atoms with E-state index in [1.165, 1.54) is 29.2 Å². The van der Waals surface area contributed by atoms with Crippen molar-refractivity contribution in [2.45, 2.75) is 170 Å². The van der Waals surface area contributed by atoms with Crippen LogP contribution in [0.4, 0.5) is 0 Å². The first-order valence-corrected chi connectivity index (χ1v) is 37.7. The predicted molar refractivity (Wildman–Crippen MR) is 394 cm³/mol. The van der Waals surface area contributed by atoms with Gasteiger partial charge in [-0.05, 0) is 98.2 Å². The number of hydrogen-bond donors (Lipinski definition) is 18. The van der Waals surface area contributed by atoms with Crippen molar-refractivity contribution in [2.75, 3.05) is 37.7 Å². The number of rotatable bonds is 24. The van der Waals surface area contributed by atoms with Crippen molar-refractivity contribution in [1.29, 1.82) is 0 Å². The Morgan fingerprint density at radius 2 is 1.26 bits per heavy atom. The second-order valence-corrected chi connectivity index (χ2v) is 29.0. The lowest BCUT2D eigenvalue weighted by molar-refractivity contribution is -0.139. The van der Waals surface area contributed by atoms with Crippen LogP contribution in [0.3, 0.4) is 0 Å². The summed E-state index contributed by atoms with van der Waals surface area (Å²) in [6, 6.07) is 4.10. The molecule has 0 bridgehead atoms. The highest BCUT2D eigenvalue weighted by Gasteiger charge is 2.41. The van der Waals surface area contributed by atoms with Crippen molar-refractivity contribution in [3.8, 4) is 5.75 Å². The molecule has 13 amide bonds. The second-order valence-electron chi connectivity index (χ2n) is 26.0. The molecule has 37 heteroatoms. The van der Waals surface area contributed by atoms with Crippen LogP contribution < -0.4 is 81.8 Å². The van der Waals surface area contributed by atoms with Crippen molar-refractivity contribution in [3.63, 3.8) is 0 Å². The van der Waals surface area contributed by atoms with E-state index in [9.17, 15) is 63.0 Å². The number of nitrogens with one attached hydrogen (secondary N) is 11. The maximum atomic E-state index is 15.3. The monoisotopic (exact) mass is 1530 g/mol. The number of primary amides is 2. The Morgan fingerprint density at radius 3 is 1.93 bits per heavy atom. The van der Waals surface area contributed by atoms with Crippen molar-refractivity contribution < 1.29 is 77.3 Å². The van der Waals surface area contributed by atoms with E-state index in [-0.39, 0.29) is 98.7 Å². The Hall–Kier alpha value is -10.2. The zero-order chi connectivity index (χ0) is 77.0. The molecule has 3 aromatic carbocycles. The number of phenols is 1. The number of nitrogens with zero attached hydrogens (tertiary/aromatic N) is 2. The molecule has 4 aromatic rings. The highest BCUT2D eigenvalue weighted by atomic mass is 35.5. The minimum absolute atomic E-state index is 0.0100. The molecule has 23 N–H and O–H groups in total. The zero-order valence-corrected chi connectivity index (χ0v) is 60.6. The number of carbonyl (C=O) groups excluding carboxylic acids is 13.